The predicted octanol–water partition coefficient (Wildman–Crippen LogP) is -2.91. The molecule has 0 saturated heterocycles. The fourth-order valence-corrected chi connectivity index (χ4v) is 1.94. The Morgan fingerprint density at radius 3 is 2.17 bits per heavy atom. The van der Waals surface area contributed by atoms with E-state index >= 15 is 0 Å². The van der Waals surface area contributed by atoms with Crippen LogP contribution in [0.2, 0.25) is 0 Å². The highest BCUT2D eigenvalue weighted by Gasteiger charge is 2.28. The maximum Gasteiger partial charge on any atom is 0.245 e. The minimum Gasteiger partial charge on any atom is -0.391 e. The third-order valence-electron chi connectivity index (χ3n) is 3.14. The highest BCUT2D eigenvalue weighted by Crippen LogP contribution is 2.03. The number of aliphatic hydroxyl groups is 1. The SMILES string of the molecule is CC(=O)N[C@H](C(=O)N[C@@H](CCCCN)C(=O)NCC(N)=O)C(C)O. The molecule has 0 aliphatic heterocycles. The summed E-state index contributed by atoms with van der Waals surface area (Å²) in [7, 11) is 0. The van der Waals surface area contributed by atoms with E-state index in [1.807, 2.05) is 0 Å². The van der Waals surface area contributed by atoms with Crippen molar-refractivity contribution in [3.63, 3.8) is 0 Å². The number of hydrogen-bond acceptors (Lipinski definition) is 6. The summed E-state index contributed by atoms with van der Waals surface area (Å²) in [6.45, 7) is 2.64. The summed E-state index contributed by atoms with van der Waals surface area (Å²) in [6.07, 6.45) is 0.374. The molecule has 0 aliphatic rings. The van der Waals surface area contributed by atoms with Gasteiger partial charge in [-0.2, -0.15) is 0 Å². The average Bonchev–Trinajstić information content (AvgIpc) is 2.48. The first-order valence-corrected chi connectivity index (χ1v) is 7.70. The maximum absolute atomic E-state index is 12.2. The Morgan fingerprint density at radius 2 is 1.71 bits per heavy atom. The lowest BCUT2D eigenvalue weighted by Crippen LogP contribution is -2.57. The first-order valence-electron chi connectivity index (χ1n) is 7.70. The second kappa shape index (κ2) is 11.4. The van der Waals surface area contributed by atoms with Crippen molar-refractivity contribution in [1.82, 2.24) is 16.0 Å². The Kier molecular flexibility index (Phi) is 10.3. The van der Waals surface area contributed by atoms with Crippen LogP contribution in [0, 0.1) is 0 Å². The van der Waals surface area contributed by atoms with E-state index in [0.29, 0.717) is 25.8 Å². The van der Waals surface area contributed by atoms with Gasteiger partial charge in [0.1, 0.15) is 12.1 Å². The van der Waals surface area contributed by atoms with Gasteiger partial charge >= 0.3 is 0 Å². The van der Waals surface area contributed by atoms with Gasteiger partial charge in [-0.3, -0.25) is 19.2 Å². The van der Waals surface area contributed by atoms with Crippen molar-refractivity contribution in [2.75, 3.05) is 13.1 Å². The fourth-order valence-electron chi connectivity index (χ4n) is 1.94. The summed E-state index contributed by atoms with van der Waals surface area (Å²) in [5.74, 6) is -2.48. The molecule has 8 N–H and O–H groups in total. The summed E-state index contributed by atoms with van der Waals surface area (Å²) in [5, 5.41) is 16.7. The van der Waals surface area contributed by atoms with E-state index in [0.717, 1.165) is 0 Å². The molecule has 3 atom stereocenters. The molecule has 10 nitrogen and oxygen atoms in total. The number of nitrogens with one attached hydrogen (secondary N) is 3. The number of primary amides is 1. The molecule has 0 aromatic carbocycles. The van der Waals surface area contributed by atoms with Crippen LogP contribution in [-0.2, 0) is 19.2 Å². The topological polar surface area (TPSA) is 177 Å². The van der Waals surface area contributed by atoms with Gasteiger partial charge in [0.15, 0.2) is 0 Å². The lowest BCUT2D eigenvalue weighted by Gasteiger charge is -2.24. The minimum atomic E-state index is -1.19. The molecule has 0 aromatic rings. The average molecular weight is 345 g/mol. The third kappa shape index (κ3) is 9.06. The van der Waals surface area contributed by atoms with Crippen LogP contribution in [0.3, 0.4) is 0 Å². The number of hydrogen-bond donors (Lipinski definition) is 6. The van der Waals surface area contributed by atoms with Crippen LogP contribution in [0.25, 0.3) is 0 Å². The Labute approximate surface area is 140 Å². The second-order valence-electron chi connectivity index (χ2n) is 5.45. The molecular weight excluding hydrogens is 318 g/mol. The van der Waals surface area contributed by atoms with Crippen LogP contribution in [0.5, 0.6) is 0 Å². The largest absolute Gasteiger partial charge is 0.391 e. The number of nitrogens with two attached hydrogens (primary N) is 2. The van der Waals surface area contributed by atoms with Crippen molar-refractivity contribution >= 4 is 23.6 Å². The maximum atomic E-state index is 12.2. The Hall–Kier alpha value is -2.20. The minimum absolute atomic E-state index is 0.292. The van der Waals surface area contributed by atoms with Gasteiger partial charge in [-0.05, 0) is 32.7 Å². The molecule has 0 spiro atoms. The summed E-state index contributed by atoms with van der Waals surface area (Å²) >= 11 is 0. The molecule has 24 heavy (non-hydrogen) atoms. The molecule has 0 rings (SSSR count). The number of rotatable bonds is 11. The van der Waals surface area contributed by atoms with E-state index in [2.05, 4.69) is 16.0 Å². The van der Waals surface area contributed by atoms with E-state index in [1.54, 1.807) is 0 Å². The number of carbonyl (C=O) groups is 4. The zero-order valence-electron chi connectivity index (χ0n) is 14.0. The number of carbonyl (C=O) groups excluding carboxylic acids is 4. The van der Waals surface area contributed by atoms with Gasteiger partial charge in [-0.15, -0.1) is 0 Å². The van der Waals surface area contributed by atoms with Crippen LogP contribution in [-0.4, -0.2) is 60.0 Å². The van der Waals surface area contributed by atoms with Crippen molar-refractivity contribution in [2.24, 2.45) is 11.5 Å². The van der Waals surface area contributed by atoms with Gasteiger partial charge in [-0.1, -0.05) is 0 Å². The van der Waals surface area contributed by atoms with Crippen LogP contribution in [0.4, 0.5) is 0 Å². The molecule has 0 heterocycles. The van der Waals surface area contributed by atoms with Gasteiger partial charge in [0.05, 0.1) is 12.6 Å². The van der Waals surface area contributed by atoms with Gasteiger partial charge in [0.2, 0.25) is 23.6 Å². The zero-order chi connectivity index (χ0) is 18.7. The zero-order valence-corrected chi connectivity index (χ0v) is 14.0. The lowest BCUT2D eigenvalue weighted by molar-refractivity contribution is -0.134. The number of unbranched alkanes of at least 4 members (excludes halogenated alkanes) is 1. The van der Waals surface area contributed by atoms with Crippen LogP contribution in [0.15, 0.2) is 0 Å². The standard InChI is InChI=1S/C14H27N5O5/c1-8(20)12(18-9(2)21)14(24)19-10(5-3-4-6-15)13(23)17-7-11(16)22/h8,10,12,20H,3-7,15H2,1-2H3,(H2,16,22)(H,17,23)(H,18,21)(H,19,24)/t8?,10-,12-/m0/s1. The van der Waals surface area contributed by atoms with E-state index in [1.165, 1.54) is 13.8 Å². The summed E-state index contributed by atoms with van der Waals surface area (Å²) in [4.78, 5) is 46.2. The molecule has 0 radical (unpaired) electrons. The molecule has 0 aliphatic carbocycles. The molecule has 0 saturated carbocycles. The van der Waals surface area contributed by atoms with Gasteiger partial charge in [0.25, 0.3) is 0 Å². The molecule has 4 amide bonds. The molecular formula is C14H27N5O5. The van der Waals surface area contributed by atoms with Gasteiger partial charge < -0.3 is 32.5 Å². The Morgan fingerprint density at radius 1 is 1.08 bits per heavy atom. The van der Waals surface area contributed by atoms with E-state index < -0.39 is 41.8 Å². The van der Waals surface area contributed by atoms with Crippen molar-refractivity contribution in [3.8, 4) is 0 Å². The molecule has 10 heteroatoms. The van der Waals surface area contributed by atoms with E-state index in [9.17, 15) is 24.3 Å². The normalized spacial score (nSPS) is 14.2. The smallest absolute Gasteiger partial charge is 0.245 e. The highest BCUT2D eigenvalue weighted by atomic mass is 16.3. The number of aliphatic hydroxyl groups excluding tert-OH is 1. The van der Waals surface area contributed by atoms with Crippen molar-refractivity contribution in [1.29, 1.82) is 0 Å². The summed E-state index contributed by atoms with van der Waals surface area (Å²) in [5.41, 5.74) is 10.4. The predicted molar refractivity (Wildman–Crippen MR) is 86.3 cm³/mol. The summed E-state index contributed by atoms with van der Waals surface area (Å²) < 4.78 is 0. The number of amides is 4. The van der Waals surface area contributed by atoms with Crippen molar-refractivity contribution < 1.29 is 24.3 Å². The fraction of sp³-hybridized carbons (Fsp3) is 0.714. The third-order valence-corrected chi connectivity index (χ3v) is 3.14. The van der Waals surface area contributed by atoms with Gasteiger partial charge in [0, 0.05) is 6.92 Å². The van der Waals surface area contributed by atoms with E-state index in [-0.39, 0.29) is 6.54 Å². The summed E-state index contributed by atoms with van der Waals surface area (Å²) in [6, 6.07) is -2.12. The molecule has 0 bridgehead atoms. The van der Waals surface area contributed by atoms with Crippen LogP contribution in [0.1, 0.15) is 33.1 Å². The molecule has 0 aromatic heterocycles. The second-order valence-corrected chi connectivity index (χ2v) is 5.45. The first kappa shape index (κ1) is 21.8. The van der Waals surface area contributed by atoms with Crippen molar-refractivity contribution in [2.45, 2.75) is 51.3 Å². The van der Waals surface area contributed by atoms with Gasteiger partial charge in [-0.25, -0.2) is 0 Å². The van der Waals surface area contributed by atoms with Crippen molar-refractivity contribution in [3.05, 3.63) is 0 Å². The molecule has 138 valence electrons. The highest BCUT2D eigenvalue weighted by molar-refractivity contribution is 5.93. The Balaban J connectivity index is 4.92. The molecule has 0 fully saturated rings. The quantitative estimate of drug-likeness (QED) is 0.219. The molecule has 1 unspecified atom stereocenters. The lowest BCUT2D eigenvalue weighted by atomic mass is 10.1. The Bertz CT molecular complexity index is 455. The van der Waals surface area contributed by atoms with Crippen LogP contribution < -0.4 is 27.4 Å². The van der Waals surface area contributed by atoms with E-state index in [4.69, 9.17) is 11.5 Å². The van der Waals surface area contributed by atoms with Crippen LogP contribution >= 0.6 is 0 Å². The monoisotopic (exact) mass is 345 g/mol. The first-order chi connectivity index (χ1) is 11.2.